The number of methoxy groups -OCH3 is 1. The molecule has 29 heavy (non-hydrogen) atoms. The Morgan fingerprint density at radius 1 is 1.10 bits per heavy atom. The van der Waals surface area contributed by atoms with Gasteiger partial charge >= 0.3 is 0 Å². The summed E-state index contributed by atoms with van der Waals surface area (Å²) in [6, 6.07) is 10.3. The lowest BCUT2D eigenvalue weighted by molar-refractivity contribution is -0.384. The number of hydrazine groups is 1. The molecule has 2 N–H and O–H groups in total. The van der Waals surface area contributed by atoms with Crippen molar-refractivity contribution in [2.45, 2.75) is 12.7 Å². The zero-order valence-corrected chi connectivity index (χ0v) is 16.6. The van der Waals surface area contributed by atoms with E-state index in [9.17, 15) is 24.5 Å². The lowest BCUT2D eigenvalue weighted by atomic mass is 10.1. The van der Waals surface area contributed by atoms with Gasteiger partial charge in [0.25, 0.3) is 11.6 Å². The van der Waals surface area contributed by atoms with E-state index in [1.165, 1.54) is 44.0 Å². The van der Waals surface area contributed by atoms with Crippen LogP contribution in [0, 0.1) is 10.1 Å². The largest absolute Gasteiger partial charge is 0.496 e. The number of nitro groups is 1. The summed E-state index contributed by atoms with van der Waals surface area (Å²) in [4.78, 5) is 45.6. The van der Waals surface area contributed by atoms with Crippen LogP contribution in [0.25, 0.3) is 0 Å². The number of hydrogen-bond donors (Lipinski definition) is 2. The lowest BCUT2D eigenvalue weighted by Crippen LogP contribution is -2.42. The summed E-state index contributed by atoms with van der Waals surface area (Å²) >= 11 is 1.27. The van der Waals surface area contributed by atoms with Gasteiger partial charge < -0.3 is 4.74 Å². The molecule has 0 aliphatic carbocycles. The number of benzene rings is 2. The third kappa shape index (κ3) is 6.32. The van der Waals surface area contributed by atoms with Crippen LogP contribution in [0.1, 0.15) is 33.2 Å². The van der Waals surface area contributed by atoms with Crippen molar-refractivity contribution in [3.05, 3.63) is 69.3 Å². The molecule has 0 fully saturated rings. The highest BCUT2D eigenvalue weighted by Gasteiger charge is 2.13. The van der Waals surface area contributed by atoms with Gasteiger partial charge in [-0.2, -0.15) is 0 Å². The van der Waals surface area contributed by atoms with Crippen LogP contribution in [-0.2, 0) is 10.5 Å². The number of nitrogens with one attached hydrogen (secondary N) is 2. The molecular formula is C19H19N3O6S. The Balaban J connectivity index is 1.85. The van der Waals surface area contributed by atoms with Gasteiger partial charge in [-0.3, -0.25) is 35.3 Å². The van der Waals surface area contributed by atoms with Gasteiger partial charge in [0, 0.05) is 34.6 Å². The predicted octanol–water partition coefficient (Wildman–Crippen LogP) is 2.50. The number of non-ortho nitro benzene ring substituents is 1. The van der Waals surface area contributed by atoms with Crippen molar-refractivity contribution in [3.63, 3.8) is 0 Å². The van der Waals surface area contributed by atoms with Crippen LogP contribution in [-0.4, -0.2) is 35.4 Å². The maximum atomic E-state index is 12.0. The van der Waals surface area contributed by atoms with Crippen molar-refractivity contribution in [2.75, 3.05) is 12.9 Å². The first-order valence-corrected chi connectivity index (χ1v) is 9.56. The molecule has 0 saturated carbocycles. The average Bonchev–Trinajstić information content (AvgIpc) is 2.71. The zero-order valence-electron chi connectivity index (χ0n) is 15.8. The molecule has 2 aromatic rings. The summed E-state index contributed by atoms with van der Waals surface area (Å²) < 4.78 is 5.26. The van der Waals surface area contributed by atoms with Gasteiger partial charge in [0.1, 0.15) is 5.75 Å². The topological polar surface area (TPSA) is 128 Å². The van der Waals surface area contributed by atoms with E-state index in [0.29, 0.717) is 17.1 Å². The quantitative estimate of drug-likeness (QED) is 0.384. The fourth-order valence-corrected chi connectivity index (χ4v) is 3.16. The third-order valence-corrected chi connectivity index (χ3v) is 4.79. The number of rotatable bonds is 8. The standard InChI is InChI=1S/C19H19N3O6S/c1-12(23)13-6-7-17(28-2)15(8-13)10-29-11-18(24)20-21-19(25)14-4-3-5-16(9-14)22(26)27/h3-9H,10-11H2,1-2H3,(H,20,24)(H,21,25). The molecule has 2 aromatic carbocycles. The molecule has 0 aromatic heterocycles. The molecule has 0 spiro atoms. The number of carbonyl (C=O) groups excluding carboxylic acids is 3. The second-order valence-corrected chi connectivity index (χ2v) is 6.87. The van der Waals surface area contributed by atoms with E-state index < -0.39 is 16.7 Å². The summed E-state index contributed by atoms with van der Waals surface area (Å²) in [6.45, 7) is 1.47. The van der Waals surface area contributed by atoms with Crippen molar-refractivity contribution in [1.82, 2.24) is 10.9 Å². The van der Waals surface area contributed by atoms with E-state index in [0.717, 1.165) is 11.6 Å². The Kier molecular flexibility index (Phi) is 7.72. The van der Waals surface area contributed by atoms with Gasteiger partial charge in [-0.1, -0.05) is 6.07 Å². The number of ether oxygens (including phenoxy) is 1. The van der Waals surface area contributed by atoms with Crippen molar-refractivity contribution in [1.29, 1.82) is 0 Å². The number of nitrogens with zero attached hydrogens (tertiary/aromatic N) is 1. The van der Waals surface area contributed by atoms with Crippen molar-refractivity contribution in [2.24, 2.45) is 0 Å². The minimum absolute atomic E-state index is 0.0443. The molecule has 0 heterocycles. The molecule has 0 radical (unpaired) electrons. The highest BCUT2D eigenvalue weighted by Crippen LogP contribution is 2.24. The van der Waals surface area contributed by atoms with Gasteiger partial charge in [-0.15, -0.1) is 11.8 Å². The Morgan fingerprint density at radius 3 is 2.52 bits per heavy atom. The second-order valence-electron chi connectivity index (χ2n) is 5.89. The first-order chi connectivity index (χ1) is 13.8. The molecule has 0 aliphatic rings. The number of thioether (sulfide) groups is 1. The first kappa shape index (κ1) is 21.9. The maximum Gasteiger partial charge on any atom is 0.270 e. The van der Waals surface area contributed by atoms with Crippen LogP contribution in [0.15, 0.2) is 42.5 Å². The Labute approximate surface area is 170 Å². The minimum Gasteiger partial charge on any atom is -0.496 e. The number of ketones is 1. The summed E-state index contributed by atoms with van der Waals surface area (Å²) in [5, 5.41) is 10.8. The Morgan fingerprint density at radius 2 is 1.86 bits per heavy atom. The molecule has 0 saturated heterocycles. The Hall–Kier alpha value is -3.40. The molecule has 0 unspecified atom stereocenters. The molecule has 2 amide bonds. The fourth-order valence-electron chi connectivity index (χ4n) is 2.36. The molecule has 9 nitrogen and oxygen atoms in total. The number of Topliss-reactive ketones (excluding diaryl/α,β-unsaturated/α-hetero) is 1. The molecule has 2 rings (SSSR count). The van der Waals surface area contributed by atoms with Crippen molar-refractivity contribution in [3.8, 4) is 5.75 Å². The summed E-state index contributed by atoms with van der Waals surface area (Å²) in [7, 11) is 1.52. The Bertz CT molecular complexity index is 947. The minimum atomic E-state index is -0.664. The van der Waals surface area contributed by atoms with Gasteiger partial charge in [0.15, 0.2) is 5.78 Å². The maximum absolute atomic E-state index is 12.0. The van der Waals surface area contributed by atoms with E-state index in [1.54, 1.807) is 18.2 Å². The molecule has 10 heteroatoms. The van der Waals surface area contributed by atoms with E-state index >= 15 is 0 Å². The third-order valence-electron chi connectivity index (χ3n) is 3.81. The van der Waals surface area contributed by atoms with E-state index in [4.69, 9.17) is 4.74 Å². The van der Waals surface area contributed by atoms with E-state index in [-0.39, 0.29) is 22.8 Å². The smallest absolute Gasteiger partial charge is 0.270 e. The molecular weight excluding hydrogens is 398 g/mol. The molecule has 0 bridgehead atoms. The predicted molar refractivity (Wildman–Crippen MR) is 108 cm³/mol. The van der Waals surface area contributed by atoms with E-state index in [2.05, 4.69) is 10.9 Å². The van der Waals surface area contributed by atoms with Crippen LogP contribution in [0.5, 0.6) is 5.75 Å². The fraction of sp³-hybridized carbons (Fsp3) is 0.211. The molecule has 0 aliphatic heterocycles. The summed E-state index contributed by atoms with van der Waals surface area (Å²) in [5.41, 5.74) is 5.64. The second kappa shape index (κ2) is 10.2. The van der Waals surface area contributed by atoms with Crippen LogP contribution in [0.3, 0.4) is 0 Å². The number of nitro benzene ring substituents is 1. The van der Waals surface area contributed by atoms with Crippen LogP contribution in [0.2, 0.25) is 0 Å². The van der Waals surface area contributed by atoms with Crippen LogP contribution < -0.4 is 15.6 Å². The van der Waals surface area contributed by atoms with Gasteiger partial charge in [0.2, 0.25) is 5.91 Å². The van der Waals surface area contributed by atoms with Gasteiger partial charge in [-0.25, -0.2) is 0 Å². The number of hydrogen-bond acceptors (Lipinski definition) is 7. The number of amides is 2. The summed E-state index contributed by atoms with van der Waals surface area (Å²) in [6.07, 6.45) is 0. The van der Waals surface area contributed by atoms with Gasteiger partial charge in [0.05, 0.1) is 17.8 Å². The highest BCUT2D eigenvalue weighted by molar-refractivity contribution is 7.99. The zero-order chi connectivity index (χ0) is 21.4. The highest BCUT2D eigenvalue weighted by atomic mass is 32.2. The monoisotopic (exact) mass is 417 g/mol. The van der Waals surface area contributed by atoms with Gasteiger partial charge in [-0.05, 0) is 31.2 Å². The van der Waals surface area contributed by atoms with Crippen molar-refractivity contribution < 1.29 is 24.0 Å². The first-order valence-electron chi connectivity index (χ1n) is 8.41. The van der Waals surface area contributed by atoms with Crippen LogP contribution in [0.4, 0.5) is 5.69 Å². The molecule has 152 valence electrons. The summed E-state index contributed by atoms with van der Waals surface area (Å²) in [5.74, 6) is -0.0973. The SMILES string of the molecule is COc1ccc(C(C)=O)cc1CSCC(=O)NNC(=O)c1cccc([N+](=O)[O-])c1. The van der Waals surface area contributed by atoms with Crippen molar-refractivity contribution >= 4 is 35.0 Å². The lowest BCUT2D eigenvalue weighted by Gasteiger charge is -2.10. The normalized spacial score (nSPS) is 10.1. The van der Waals surface area contributed by atoms with E-state index in [1.807, 2.05) is 0 Å². The van der Waals surface area contributed by atoms with Crippen LogP contribution >= 0.6 is 11.8 Å². The molecule has 0 atom stereocenters. The average molecular weight is 417 g/mol. The number of carbonyl (C=O) groups is 3.